The number of aryl methyl sites for hydroxylation is 1. The van der Waals surface area contributed by atoms with Crippen molar-refractivity contribution in [2.75, 3.05) is 7.11 Å². The van der Waals surface area contributed by atoms with Crippen LogP contribution in [0.25, 0.3) is 0 Å². The molecule has 104 valence electrons. The Hall–Kier alpha value is -1.74. The van der Waals surface area contributed by atoms with E-state index in [1.807, 2.05) is 36.0 Å². The fourth-order valence-electron chi connectivity index (χ4n) is 1.91. The number of esters is 1. The molecule has 0 radical (unpaired) electrons. The molecule has 0 saturated heterocycles. The highest BCUT2D eigenvalue weighted by atomic mass is 32.2. The lowest BCUT2D eigenvalue weighted by atomic mass is 10.1. The van der Waals surface area contributed by atoms with Crippen molar-refractivity contribution in [3.8, 4) is 0 Å². The number of ether oxygens (including phenoxy) is 1. The summed E-state index contributed by atoms with van der Waals surface area (Å²) in [5, 5.41) is 0. The summed E-state index contributed by atoms with van der Waals surface area (Å²) in [6.45, 7) is 2.14. The second-order valence-corrected chi connectivity index (χ2v) is 5.59. The third-order valence-corrected chi connectivity index (χ3v) is 4.22. The summed E-state index contributed by atoms with van der Waals surface area (Å²) >= 11 is 1.88. The van der Waals surface area contributed by atoms with Crippen molar-refractivity contribution in [3.05, 3.63) is 70.8 Å². The Labute approximate surface area is 124 Å². The molecule has 0 aliphatic rings. The number of benzene rings is 2. The zero-order chi connectivity index (χ0) is 14.4. The van der Waals surface area contributed by atoms with Crippen molar-refractivity contribution in [1.29, 1.82) is 0 Å². The van der Waals surface area contributed by atoms with Gasteiger partial charge in [-0.1, -0.05) is 36.4 Å². The fraction of sp³-hybridized carbons (Fsp3) is 0.235. The third kappa shape index (κ3) is 3.87. The molecule has 0 aromatic heterocycles. The van der Waals surface area contributed by atoms with E-state index in [1.165, 1.54) is 23.8 Å². The molecule has 0 fully saturated rings. The smallest absolute Gasteiger partial charge is 0.337 e. The van der Waals surface area contributed by atoms with Crippen LogP contribution < -0.4 is 0 Å². The molecule has 0 heterocycles. The number of hydrogen-bond acceptors (Lipinski definition) is 3. The lowest BCUT2D eigenvalue weighted by Crippen LogP contribution is -2.00. The predicted molar refractivity (Wildman–Crippen MR) is 84.0 cm³/mol. The van der Waals surface area contributed by atoms with Gasteiger partial charge in [0.25, 0.3) is 0 Å². The molecule has 20 heavy (non-hydrogen) atoms. The van der Waals surface area contributed by atoms with Crippen molar-refractivity contribution < 1.29 is 9.53 Å². The zero-order valence-electron chi connectivity index (χ0n) is 11.8. The first-order chi connectivity index (χ1) is 9.70. The van der Waals surface area contributed by atoms with E-state index in [9.17, 15) is 4.79 Å². The summed E-state index contributed by atoms with van der Waals surface area (Å²) in [5.41, 5.74) is 4.53. The van der Waals surface area contributed by atoms with Gasteiger partial charge in [0.15, 0.2) is 0 Å². The van der Waals surface area contributed by atoms with Crippen LogP contribution in [0.2, 0.25) is 0 Å². The van der Waals surface area contributed by atoms with Crippen LogP contribution in [0.5, 0.6) is 0 Å². The van der Waals surface area contributed by atoms with Gasteiger partial charge in [0.2, 0.25) is 0 Å². The molecule has 2 nitrogen and oxygen atoms in total. The molecule has 0 N–H and O–H groups in total. The monoisotopic (exact) mass is 286 g/mol. The fourth-order valence-corrected chi connectivity index (χ4v) is 2.98. The SMILES string of the molecule is COC(=O)c1ccc(CSCc2ccccc2C)cc1. The molecule has 0 saturated carbocycles. The van der Waals surface area contributed by atoms with Crippen LogP contribution in [0.4, 0.5) is 0 Å². The topological polar surface area (TPSA) is 26.3 Å². The van der Waals surface area contributed by atoms with Crippen LogP contribution in [-0.2, 0) is 16.2 Å². The Kier molecular flexibility index (Phi) is 5.24. The molecule has 0 bridgehead atoms. The van der Waals surface area contributed by atoms with Gasteiger partial charge in [-0.05, 0) is 35.7 Å². The molecule has 0 amide bonds. The number of rotatable bonds is 5. The van der Waals surface area contributed by atoms with Crippen molar-refractivity contribution >= 4 is 17.7 Å². The van der Waals surface area contributed by atoms with E-state index in [-0.39, 0.29) is 5.97 Å². The molecule has 3 heteroatoms. The Balaban J connectivity index is 1.88. The number of thioether (sulfide) groups is 1. The van der Waals surface area contributed by atoms with Crippen LogP contribution in [0, 0.1) is 6.92 Å². The molecule has 0 spiro atoms. The van der Waals surface area contributed by atoms with E-state index in [2.05, 4.69) is 35.9 Å². The van der Waals surface area contributed by atoms with Gasteiger partial charge in [-0.25, -0.2) is 4.79 Å². The van der Waals surface area contributed by atoms with Crippen molar-refractivity contribution in [2.24, 2.45) is 0 Å². The van der Waals surface area contributed by atoms with Gasteiger partial charge in [-0.15, -0.1) is 0 Å². The van der Waals surface area contributed by atoms with Crippen LogP contribution in [0.1, 0.15) is 27.0 Å². The van der Waals surface area contributed by atoms with Crippen LogP contribution >= 0.6 is 11.8 Å². The maximum atomic E-state index is 11.3. The van der Waals surface area contributed by atoms with Gasteiger partial charge in [-0.3, -0.25) is 0 Å². The predicted octanol–water partition coefficient (Wildman–Crippen LogP) is 4.22. The van der Waals surface area contributed by atoms with Gasteiger partial charge in [0.1, 0.15) is 0 Å². The standard InChI is InChI=1S/C17H18O2S/c1-13-5-3-4-6-16(13)12-20-11-14-7-9-15(10-8-14)17(18)19-2/h3-10H,11-12H2,1-2H3. The molecule has 2 aromatic carbocycles. The van der Waals surface area contributed by atoms with E-state index in [1.54, 1.807) is 0 Å². The van der Waals surface area contributed by atoms with Crippen molar-refractivity contribution in [1.82, 2.24) is 0 Å². The van der Waals surface area contributed by atoms with Crippen LogP contribution in [0.15, 0.2) is 48.5 Å². The van der Waals surface area contributed by atoms with Gasteiger partial charge in [0.05, 0.1) is 12.7 Å². The highest BCUT2D eigenvalue weighted by Crippen LogP contribution is 2.20. The molecule has 0 atom stereocenters. The summed E-state index contributed by atoms with van der Waals surface area (Å²) in [7, 11) is 1.40. The average Bonchev–Trinajstić information content (AvgIpc) is 2.49. The Morgan fingerprint density at radius 3 is 2.40 bits per heavy atom. The first-order valence-electron chi connectivity index (χ1n) is 6.50. The lowest BCUT2D eigenvalue weighted by Gasteiger charge is -2.06. The van der Waals surface area contributed by atoms with Gasteiger partial charge < -0.3 is 4.74 Å². The molecule has 0 aliphatic carbocycles. The van der Waals surface area contributed by atoms with E-state index in [0.29, 0.717) is 5.56 Å². The van der Waals surface area contributed by atoms with Crippen LogP contribution in [-0.4, -0.2) is 13.1 Å². The van der Waals surface area contributed by atoms with Crippen molar-refractivity contribution in [3.63, 3.8) is 0 Å². The van der Waals surface area contributed by atoms with Gasteiger partial charge >= 0.3 is 5.97 Å². The average molecular weight is 286 g/mol. The van der Waals surface area contributed by atoms with Gasteiger partial charge in [0, 0.05) is 11.5 Å². The Bertz CT molecular complexity index is 576. The second-order valence-electron chi connectivity index (χ2n) is 4.61. The highest BCUT2D eigenvalue weighted by molar-refractivity contribution is 7.97. The molecular formula is C17H18O2S. The maximum absolute atomic E-state index is 11.3. The van der Waals surface area contributed by atoms with Crippen LogP contribution in [0.3, 0.4) is 0 Å². The summed E-state index contributed by atoms with van der Waals surface area (Å²) in [4.78, 5) is 11.3. The number of carbonyl (C=O) groups excluding carboxylic acids is 1. The minimum atomic E-state index is -0.288. The molecule has 0 unspecified atom stereocenters. The Morgan fingerprint density at radius 1 is 1.05 bits per heavy atom. The zero-order valence-corrected chi connectivity index (χ0v) is 12.6. The van der Waals surface area contributed by atoms with Gasteiger partial charge in [-0.2, -0.15) is 11.8 Å². The number of hydrogen-bond donors (Lipinski definition) is 0. The summed E-state index contributed by atoms with van der Waals surface area (Å²) in [6.07, 6.45) is 0. The largest absolute Gasteiger partial charge is 0.465 e. The van der Waals surface area contributed by atoms with E-state index in [0.717, 1.165) is 11.5 Å². The van der Waals surface area contributed by atoms with Crippen molar-refractivity contribution in [2.45, 2.75) is 18.4 Å². The first-order valence-corrected chi connectivity index (χ1v) is 7.65. The minimum absolute atomic E-state index is 0.288. The second kappa shape index (κ2) is 7.15. The summed E-state index contributed by atoms with van der Waals surface area (Å²) < 4.78 is 4.68. The molecule has 0 aliphatic heterocycles. The molecule has 2 rings (SSSR count). The third-order valence-electron chi connectivity index (χ3n) is 3.16. The van der Waals surface area contributed by atoms with E-state index >= 15 is 0 Å². The first kappa shape index (κ1) is 14.7. The summed E-state index contributed by atoms with van der Waals surface area (Å²) in [6, 6.07) is 16.0. The minimum Gasteiger partial charge on any atom is -0.465 e. The van der Waals surface area contributed by atoms with E-state index in [4.69, 9.17) is 0 Å². The van der Waals surface area contributed by atoms with E-state index < -0.39 is 0 Å². The maximum Gasteiger partial charge on any atom is 0.337 e. The highest BCUT2D eigenvalue weighted by Gasteiger charge is 2.04. The summed E-state index contributed by atoms with van der Waals surface area (Å²) in [5.74, 6) is 1.66. The lowest BCUT2D eigenvalue weighted by molar-refractivity contribution is 0.0600. The number of carbonyl (C=O) groups is 1. The molecular weight excluding hydrogens is 268 g/mol. The Morgan fingerprint density at radius 2 is 1.75 bits per heavy atom. The normalized spacial score (nSPS) is 10.3. The number of methoxy groups -OCH3 is 1. The quantitative estimate of drug-likeness (QED) is 0.770. The molecule has 2 aromatic rings.